The minimum absolute atomic E-state index is 0.235. The maximum Gasteiger partial charge on any atom is 0.339 e. The Morgan fingerprint density at radius 3 is 2.57 bits per heavy atom. The molecule has 1 heterocycles. The molecule has 0 radical (unpaired) electrons. The van der Waals surface area contributed by atoms with Crippen molar-refractivity contribution in [1.29, 1.82) is 0 Å². The number of rotatable bonds is 7. The number of β-amino-alcohol motifs (C(OH)–C–C–N with tert-alkyl or cyclic N) is 1. The molecular formula is C18H27NO4. The molecule has 23 heavy (non-hydrogen) atoms. The van der Waals surface area contributed by atoms with Gasteiger partial charge in [-0.25, -0.2) is 4.79 Å². The summed E-state index contributed by atoms with van der Waals surface area (Å²) < 4.78 is 10.9. The van der Waals surface area contributed by atoms with Gasteiger partial charge in [-0.1, -0.05) is 30.3 Å². The van der Waals surface area contributed by atoms with Crippen molar-refractivity contribution in [2.24, 2.45) is 0 Å². The molecule has 1 atom stereocenters. The van der Waals surface area contributed by atoms with Crippen molar-refractivity contribution in [3.05, 3.63) is 35.9 Å². The molecule has 0 aliphatic carbocycles. The molecule has 128 valence electrons. The van der Waals surface area contributed by atoms with E-state index in [2.05, 4.69) is 17.0 Å². The van der Waals surface area contributed by atoms with Crippen LogP contribution in [-0.2, 0) is 20.9 Å². The van der Waals surface area contributed by atoms with Gasteiger partial charge >= 0.3 is 5.97 Å². The second-order valence-corrected chi connectivity index (χ2v) is 6.27. The Balaban J connectivity index is 1.72. The van der Waals surface area contributed by atoms with E-state index in [1.165, 1.54) is 12.5 Å². The zero-order chi connectivity index (χ0) is 16.7. The van der Waals surface area contributed by atoms with Crippen LogP contribution < -0.4 is 0 Å². The molecule has 0 bridgehead atoms. The second-order valence-electron chi connectivity index (χ2n) is 6.27. The van der Waals surface area contributed by atoms with Crippen LogP contribution in [0.1, 0.15) is 32.3 Å². The molecule has 1 N–H and O–H groups in total. The third kappa shape index (κ3) is 5.61. The van der Waals surface area contributed by atoms with Crippen molar-refractivity contribution < 1.29 is 19.4 Å². The van der Waals surface area contributed by atoms with Gasteiger partial charge in [-0.2, -0.15) is 0 Å². The second kappa shape index (κ2) is 8.43. The molecule has 1 aliphatic rings. The highest BCUT2D eigenvalue weighted by Crippen LogP contribution is 2.18. The molecular weight excluding hydrogens is 294 g/mol. The summed E-state index contributed by atoms with van der Waals surface area (Å²) in [5.74, 6) is -0.553. The molecule has 0 unspecified atom stereocenters. The maximum atomic E-state index is 11.7. The van der Waals surface area contributed by atoms with E-state index in [0.717, 1.165) is 25.9 Å². The quantitative estimate of drug-likeness (QED) is 0.778. The van der Waals surface area contributed by atoms with Crippen LogP contribution in [0.5, 0.6) is 0 Å². The lowest BCUT2D eigenvalue weighted by atomic mass is 10.0. The van der Waals surface area contributed by atoms with Gasteiger partial charge in [0.15, 0.2) is 5.60 Å². The van der Waals surface area contributed by atoms with Gasteiger partial charge in [0.1, 0.15) is 0 Å². The Labute approximate surface area is 138 Å². The van der Waals surface area contributed by atoms with Gasteiger partial charge in [0.05, 0.1) is 19.3 Å². The van der Waals surface area contributed by atoms with Crippen LogP contribution in [0.2, 0.25) is 0 Å². The SMILES string of the molecule is CCOC(=O)[C@@](C)(O)CN1CCC(OCc2ccccc2)CC1. The van der Waals surface area contributed by atoms with Gasteiger partial charge < -0.3 is 14.6 Å². The van der Waals surface area contributed by atoms with Crippen LogP contribution in [0.3, 0.4) is 0 Å². The predicted molar refractivity (Wildman–Crippen MR) is 87.9 cm³/mol. The highest BCUT2D eigenvalue weighted by molar-refractivity contribution is 5.79. The molecule has 0 spiro atoms. The van der Waals surface area contributed by atoms with Crippen LogP contribution in [0.25, 0.3) is 0 Å². The largest absolute Gasteiger partial charge is 0.464 e. The topological polar surface area (TPSA) is 59.0 Å². The first-order valence-electron chi connectivity index (χ1n) is 8.28. The molecule has 0 amide bonds. The van der Waals surface area contributed by atoms with Crippen LogP contribution >= 0.6 is 0 Å². The number of likely N-dealkylation sites (tertiary alicyclic amines) is 1. The van der Waals surface area contributed by atoms with Crippen molar-refractivity contribution in [3.8, 4) is 0 Å². The smallest absolute Gasteiger partial charge is 0.339 e. The van der Waals surface area contributed by atoms with Crippen molar-refractivity contribution in [2.45, 2.75) is 45.0 Å². The van der Waals surface area contributed by atoms with E-state index in [1.54, 1.807) is 6.92 Å². The molecule has 2 rings (SSSR count). The van der Waals surface area contributed by atoms with Crippen LogP contribution in [-0.4, -0.2) is 53.9 Å². The summed E-state index contributed by atoms with van der Waals surface area (Å²) in [5, 5.41) is 10.2. The Hall–Kier alpha value is -1.43. The monoisotopic (exact) mass is 321 g/mol. The van der Waals surface area contributed by atoms with Crippen molar-refractivity contribution in [3.63, 3.8) is 0 Å². The zero-order valence-electron chi connectivity index (χ0n) is 14.0. The number of esters is 1. The number of carbonyl (C=O) groups excluding carboxylic acids is 1. The fourth-order valence-electron chi connectivity index (χ4n) is 2.81. The van der Waals surface area contributed by atoms with Gasteiger partial charge in [-0.3, -0.25) is 4.90 Å². The molecule has 5 heteroatoms. The first kappa shape index (κ1) is 17.9. The standard InChI is InChI=1S/C18H27NO4/c1-3-22-17(20)18(2,21)14-19-11-9-16(10-12-19)23-13-15-7-5-4-6-8-15/h4-8,16,21H,3,9-14H2,1-2H3/t18-/m0/s1. The Morgan fingerprint density at radius 1 is 1.30 bits per heavy atom. The number of hydrogen-bond acceptors (Lipinski definition) is 5. The Morgan fingerprint density at radius 2 is 1.96 bits per heavy atom. The lowest BCUT2D eigenvalue weighted by Gasteiger charge is -2.35. The number of aliphatic hydroxyl groups is 1. The average molecular weight is 321 g/mol. The molecule has 1 saturated heterocycles. The summed E-state index contributed by atoms with van der Waals surface area (Å²) in [5.41, 5.74) is -0.270. The summed E-state index contributed by atoms with van der Waals surface area (Å²) in [7, 11) is 0. The highest BCUT2D eigenvalue weighted by Gasteiger charge is 2.35. The van der Waals surface area contributed by atoms with Crippen LogP contribution in [0.4, 0.5) is 0 Å². The number of hydrogen-bond donors (Lipinski definition) is 1. The molecule has 1 aromatic carbocycles. The van der Waals surface area contributed by atoms with E-state index in [0.29, 0.717) is 13.2 Å². The first-order chi connectivity index (χ1) is 11.0. The molecule has 1 fully saturated rings. The number of ether oxygens (including phenoxy) is 2. The van der Waals surface area contributed by atoms with Crippen LogP contribution in [0, 0.1) is 0 Å². The number of piperidine rings is 1. The third-order valence-corrected chi connectivity index (χ3v) is 4.11. The number of benzene rings is 1. The molecule has 1 aliphatic heterocycles. The van der Waals surface area contributed by atoms with E-state index in [1.807, 2.05) is 18.2 Å². The van der Waals surface area contributed by atoms with Gasteiger partial charge in [0.25, 0.3) is 0 Å². The average Bonchev–Trinajstić information content (AvgIpc) is 2.55. The fourth-order valence-corrected chi connectivity index (χ4v) is 2.81. The minimum atomic E-state index is -1.45. The van der Waals surface area contributed by atoms with Gasteiger partial charge in [-0.05, 0) is 32.3 Å². The van der Waals surface area contributed by atoms with E-state index >= 15 is 0 Å². The molecule has 0 aromatic heterocycles. The Kier molecular flexibility index (Phi) is 6.57. The first-order valence-corrected chi connectivity index (χ1v) is 8.28. The van der Waals surface area contributed by atoms with E-state index in [4.69, 9.17) is 9.47 Å². The van der Waals surface area contributed by atoms with Crippen molar-refractivity contribution in [2.75, 3.05) is 26.2 Å². The summed E-state index contributed by atoms with van der Waals surface area (Å²) in [6.07, 6.45) is 2.05. The lowest BCUT2D eigenvalue weighted by Crippen LogP contribution is -2.50. The molecule has 1 aromatic rings. The summed E-state index contributed by atoms with van der Waals surface area (Å²) >= 11 is 0. The van der Waals surface area contributed by atoms with Gasteiger partial charge in [0, 0.05) is 19.6 Å². The minimum Gasteiger partial charge on any atom is -0.464 e. The summed E-state index contributed by atoms with van der Waals surface area (Å²) in [6, 6.07) is 10.1. The van der Waals surface area contributed by atoms with E-state index in [-0.39, 0.29) is 12.7 Å². The lowest BCUT2D eigenvalue weighted by molar-refractivity contribution is -0.165. The predicted octanol–water partition coefficient (Wildman–Crippen LogP) is 1.98. The maximum absolute atomic E-state index is 11.7. The van der Waals surface area contributed by atoms with E-state index in [9.17, 15) is 9.90 Å². The van der Waals surface area contributed by atoms with Gasteiger partial charge in [0.2, 0.25) is 0 Å². The zero-order valence-corrected chi connectivity index (χ0v) is 14.0. The highest BCUT2D eigenvalue weighted by atomic mass is 16.5. The fraction of sp³-hybridized carbons (Fsp3) is 0.611. The summed E-state index contributed by atoms with van der Waals surface area (Å²) in [6.45, 7) is 6.10. The summed E-state index contributed by atoms with van der Waals surface area (Å²) in [4.78, 5) is 13.8. The molecule has 5 nitrogen and oxygen atoms in total. The van der Waals surface area contributed by atoms with Crippen molar-refractivity contribution >= 4 is 5.97 Å². The third-order valence-electron chi connectivity index (χ3n) is 4.11. The normalized spacial score (nSPS) is 19.3. The van der Waals surface area contributed by atoms with Gasteiger partial charge in [-0.15, -0.1) is 0 Å². The number of nitrogens with zero attached hydrogens (tertiary/aromatic N) is 1. The molecule has 0 saturated carbocycles. The van der Waals surface area contributed by atoms with Crippen molar-refractivity contribution in [1.82, 2.24) is 4.90 Å². The Bertz CT molecular complexity index is 481. The van der Waals surface area contributed by atoms with Crippen LogP contribution in [0.15, 0.2) is 30.3 Å². The number of carbonyl (C=O) groups is 1. The van der Waals surface area contributed by atoms with E-state index < -0.39 is 11.6 Å².